The van der Waals surface area contributed by atoms with E-state index in [0.29, 0.717) is 12.5 Å². The van der Waals surface area contributed by atoms with E-state index in [2.05, 4.69) is 11.0 Å². The van der Waals surface area contributed by atoms with Gasteiger partial charge in [0.1, 0.15) is 0 Å². The van der Waals surface area contributed by atoms with Crippen molar-refractivity contribution in [3.8, 4) is 0 Å². The molecule has 0 aliphatic carbocycles. The van der Waals surface area contributed by atoms with E-state index in [1.807, 2.05) is 42.8 Å². The molecule has 164 valence electrons. The zero-order valence-corrected chi connectivity index (χ0v) is 18.9. The minimum absolute atomic E-state index is 0.0398. The molecule has 0 aromatic heterocycles. The van der Waals surface area contributed by atoms with E-state index in [4.69, 9.17) is 4.74 Å². The van der Waals surface area contributed by atoms with Gasteiger partial charge in [-0.1, -0.05) is 17.2 Å². The molecule has 1 aromatic rings. The molecule has 2 amide bonds. The molecule has 1 aromatic carbocycles. The number of methoxy groups -OCH3 is 1. The van der Waals surface area contributed by atoms with Crippen LogP contribution in [0.15, 0.2) is 18.2 Å². The summed E-state index contributed by atoms with van der Waals surface area (Å²) in [6.45, 7) is 9.67. The smallest absolute Gasteiger partial charge is 0.253 e. The molecule has 0 radical (unpaired) electrons. The summed E-state index contributed by atoms with van der Waals surface area (Å²) >= 11 is 0. The molecular weight excluding hydrogens is 378 g/mol. The lowest BCUT2D eigenvalue weighted by Gasteiger charge is -2.47. The van der Waals surface area contributed by atoms with Crippen molar-refractivity contribution in [2.24, 2.45) is 10.8 Å². The van der Waals surface area contributed by atoms with Crippen molar-refractivity contribution in [2.45, 2.75) is 33.1 Å². The van der Waals surface area contributed by atoms with Gasteiger partial charge in [-0.15, -0.1) is 0 Å². The third-order valence-electron chi connectivity index (χ3n) is 7.75. The number of nitrogens with zero attached hydrogens (tertiary/aromatic N) is 3. The number of fused-ring (bicyclic) bond motifs is 1. The van der Waals surface area contributed by atoms with Crippen molar-refractivity contribution < 1.29 is 14.3 Å². The molecule has 3 aliphatic rings. The lowest BCUT2D eigenvalue weighted by atomic mass is 9.60. The molecule has 0 bridgehead atoms. The van der Waals surface area contributed by atoms with Crippen LogP contribution >= 0.6 is 0 Å². The van der Waals surface area contributed by atoms with Crippen LogP contribution in [0.3, 0.4) is 0 Å². The Bertz CT molecular complexity index is 811. The number of rotatable bonds is 4. The van der Waals surface area contributed by atoms with Crippen LogP contribution in [0.2, 0.25) is 0 Å². The molecule has 3 saturated heterocycles. The fourth-order valence-electron chi connectivity index (χ4n) is 6.19. The summed E-state index contributed by atoms with van der Waals surface area (Å²) in [5, 5.41) is 0. The first kappa shape index (κ1) is 21.3. The first-order valence-corrected chi connectivity index (χ1v) is 11.1. The van der Waals surface area contributed by atoms with Gasteiger partial charge in [-0.25, -0.2) is 0 Å². The summed E-state index contributed by atoms with van der Waals surface area (Å²) < 4.78 is 5.31. The first-order valence-electron chi connectivity index (χ1n) is 11.1. The van der Waals surface area contributed by atoms with E-state index in [1.165, 1.54) is 0 Å². The van der Waals surface area contributed by atoms with Crippen LogP contribution in [0.4, 0.5) is 0 Å². The maximum atomic E-state index is 13.3. The molecule has 6 nitrogen and oxygen atoms in total. The number of carbonyl (C=O) groups is 2. The summed E-state index contributed by atoms with van der Waals surface area (Å²) in [6.07, 6.45) is 2.72. The van der Waals surface area contributed by atoms with Gasteiger partial charge in [0.2, 0.25) is 5.91 Å². The Morgan fingerprint density at radius 1 is 1.03 bits per heavy atom. The van der Waals surface area contributed by atoms with E-state index in [1.54, 1.807) is 7.11 Å². The van der Waals surface area contributed by atoms with Gasteiger partial charge < -0.3 is 14.5 Å². The minimum Gasteiger partial charge on any atom is -0.383 e. The molecule has 0 N–H and O–H groups in total. The molecule has 6 heteroatoms. The Hall–Kier alpha value is -1.92. The third kappa shape index (κ3) is 3.44. The number of likely N-dealkylation sites (tertiary alicyclic amines) is 3. The molecular formula is C24H35N3O3. The third-order valence-corrected chi connectivity index (χ3v) is 7.75. The first-order chi connectivity index (χ1) is 14.3. The van der Waals surface area contributed by atoms with E-state index in [0.717, 1.165) is 75.2 Å². The highest BCUT2D eigenvalue weighted by Gasteiger charge is 2.64. The number of hydrogen-bond donors (Lipinski definition) is 0. The molecule has 1 unspecified atom stereocenters. The van der Waals surface area contributed by atoms with Crippen LogP contribution in [-0.2, 0) is 9.53 Å². The van der Waals surface area contributed by atoms with Gasteiger partial charge in [0.15, 0.2) is 0 Å². The molecule has 3 fully saturated rings. The SMILES string of the molecule is COCCN1CC2(CCN(C(=O)c3cc(C)cc(C)c3)CC2)C2(CCN(C)C2=O)C1. The number of hydrogen-bond acceptors (Lipinski definition) is 4. The highest BCUT2D eigenvalue weighted by atomic mass is 16.5. The van der Waals surface area contributed by atoms with Crippen molar-refractivity contribution in [1.82, 2.24) is 14.7 Å². The van der Waals surface area contributed by atoms with Crippen LogP contribution in [-0.4, -0.2) is 86.5 Å². The van der Waals surface area contributed by atoms with E-state index in [9.17, 15) is 9.59 Å². The van der Waals surface area contributed by atoms with Gasteiger partial charge in [0, 0.05) is 64.4 Å². The zero-order valence-electron chi connectivity index (χ0n) is 18.9. The topological polar surface area (TPSA) is 53.1 Å². The Labute approximate surface area is 180 Å². The van der Waals surface area contributed by atoms with Gasteiger partial charge in [-0.3, -0.25) is 14.5 Å². The Morgan fingerprint density at radius 2 is 1.70 bits per heavy atom. The molecule has 1 atom stereocenters. The molecule has 3 heterocycles. The predicted molar refractivity (Wildman–Crippen MR) is 116 cm³/mol. The maximum absolute atomic E-state index is 13.3. The largest absolute Gasteiger partial charge is 0.383 e. The number of amides is 2. The summed E-state index contributed by atoms with van der Waals surface area (Å²) in [7, 11) is 3.66. The average molecular weight is 414 g/mol. The van der Waals surface area contributed by atoms with E-state index in [-0.39, 0.29) is 16.7 Å². The van der Waals surface area contributed by atoms with Gasteiger partial charge in [-0.05, 0) is 45.2 Å². The lowest BCUT2D eigenvalue weighted by Crippen LogP contribution is -2.53. The monoisotopic (exact) mass is 413 g/mol. The summed E-state index contributed by atoms with van der Waals surface area (Å²) in [6, 6.07) is 6.07. The van der Waals surface area contributed by atoms with Crippen LogP contribution < -0.4 is 0 Å². The minimum atomic E-state index is -0.301. The Kier molecular flexibility index (Phi) is 5.66. The number of aryl methyl sites for hydroxylation is 2. The normalized spacial score (nSPS) is 26.3. The quantitative estimate of drug-likeness (QED) is 0.760. The lowest BCUT2D eigenvalue weighted by molar-refractivity contribution is -0.141. The Balaban J connectivity index is 1.53. The molecule has 30 heavy (non-hydrogen) atoms. The summed E-state index contributed by atoms with van der Waals surface area (Å²) in [4.78, 5) is 32.8. The summed E-state index contributed by atoms with van der Waals surface area (Å²) in [5.74, 6) is 0.423. The standard InChI is InChI=1S/C24H35N3O3/c1-18-13-19(2)15-20(14-18)21(28)27-9-5-23(6-10-27)16-26(11-12-30-4)17-24(23)7-8-25(3)22(24)29/h13-15H,5-12,16-17H2,1-4H3. The van der Waals surface area contributed by atoms with Gasteiger partial charge >= 0.3 is 0 Å². The van der Waals surface area contributed by atoms with Crippen LogP contribution in [0.5, 0.6) is 0 Å². The second-order valence-electron chi connectivity index (χ2n) is 9.71. The number of ether oxygens (including phenoxy) is 1. The Morgan fingerprint density at radius 3 is 2.27 bits per heavy atom. The van der Waals surface area contributed by atoms with Crippen molar-refractivity contribution in [3.63, 3.8) is 0 Å². The molecule has 3 aliphatic heterocycles. The van der Waals surface area contributed by atoms with E-state index < -0.39 is 0 Å². The second kappa shape index (κ2) is 7.97. The molecule has 2 spiro atoms. The highest BCUT2D eigenvalue weighted by Crippen LogP contribution is 2.57. The van der Waals surface area contributed by atoms with Crippen LogP contribution in [0.25, 0.3) is 0 Å². The van der Waals surface area contributed by atoms with Crippen molar-refractivity contribution in [1.29, 1.82) is 0 Å². The maximum Gasteiger partial charge on any atom is 0.253 e. The van der Waals surface area contributed by atoms with Crippen molar-refractivity contribution >= 4 is 11.8 Å². The number of benzene rings is 1. The average Bonchev–Trinajstić information content (AvgIpc) is 3.18. The molecule has 0 saturated carbocycles. The van der Waals surface area contributed by atoms with Crippen LogP contribution in [0.1, 0.15) is 40.7 Å². The predicted octanol–water partition coefficient (Wildman–Crippen LogP) is 2.34. The fraction of sp³-hybridized carbons (Fsp3) is 0.667. The van der Waals surface area contributed by atoms with Gasteiger partial charge in [-0.2, -0.15) is 0 Å². The van der Waals surface area contributed by atoms with Crippen molar-refractivity contribution in [3.05, 3.63) is 34.9 Å². The highest BCUT2D eigenvalue weighted by molar-refractivity contribution is 5.94. The number of piperidine rings is 1. The fourth-order valence-corrected chi connectivity index (χ4v) is 6.19. The second-order valence-corrected chi connectivity index (χ2v) is 9.71. The van der Waals surface area contributed by atoms with E-state index >= 15 is 0 Å². The summed E-state index contributed by atoms with van der Waals surface area (Å²) in [5.41, 5.74) is 2.68. The zero-order chi connectivity index (χ0) is 21.5. The van der Waals surface area contributed by atoms with Crippen molar-refractivity contribution in [2.75, 3.05) is 60.0 Å². The van der Waals surface area contributed by atoms with Gasteiger partial charge in [0.25, 0.3) is 5.91 Å². The van der Waals surface area contributed by atoms with Gasteiger partial charge in [0.05, 0.1) is 12.0 Å². The molecule has 4 rings (SSSR count). The van der Waals surface area contributed by atoms with Crippen LogP contribution in [0, 0.1) is 24.7 Å². The number of carbonyl (C=O) groups excluding carboxylic acids is 2.